The highest BCUT2D eigenvalue weighted by molar-refractivity contribution is 5.52. The van der Waals surface area contributed by atoms with E-state index in [0.29, 0.717) is 5.65 Å². The fourth-order valence-corrected chi connectivity index (χ4v) is 3.22. The van der Waals surface area contributed by atoms with Crippen molar-refractivity contribution in [3.8, 4) is 0 Å². The van der Waals surface area contributed by atoms with Gasteiger partial charge in [-0.05, 0) is 36.8 Å². The van der Waals surface area contributed by atoms with Gasteiger partial charge in [0.25, 0.3) is 5.56 Å². The number of piperazine rings is 1. The lowest BCUT2D eigenvalue weighted by atomic mass is 10.2. The average molecular weight is 320 g/mol. The highest BCUT2D eigenvalue weighted by atomic mass is 16.1. The smallest absolute Gasteiger partial charge is 0.259 e. The Bertz CT molecular complexity index is 926. The molecule has 24 heavy (non-hydrogen) atoms. The number of rotatable bonds is 2. The summed E-state index contributed by atoms with van der Waals surface area (Å²) >= 11 is 0. The van der Waals surface area contributed by atoms with E-state index in [4.69, 9.17) is 0 Å². The molecule has 0 amide bonds. The van der Waals surface area contributed by atoms with Crippen molar-refractivity contribution in [1.82, 2.24) is 9.38 Å². The Morgan fingerprint density at radius 1 is 0.917 bits per heavy atom. The van der Waals surface area contributed by atoms with Crippen LogP contribution in [0, 0.1) is 6.92 Å². The topological polar surface area (TPSA) is 40.9 Å². The first-order valence-electron chi connectivity index (χ1n) is 8.26. The summed E-state index contributed by atoms with van der Waals surface area (Å²) in [6, 6.07) is 15.8. The zero-order chi connectivity index (χ0) is 16.5. The van der Waals surface area contributed by atoms with Gasteiger partial charge in [-0.15, -0.1) is 0 Å². The van der Waals surface area contributed by atoms with Crippen LogP contribution in [0.15, 0.2) is 59.5 Å². The minimum atomic E-state index is -0.0308. The summed E-state index contributed by atoms with van der Waals surface area (Å²) in [5.74, 6) is 0.773. The van der Waals surface area contributed by atoms with Gasteiger partial charge in [0.1, 0.15) is 11.5 Å². The molecule has 1 aliphatic rings. The number of anilines is 2. The van der Waals surface area contributed by atoms with Crippen LogP contribution in [0.2, 0.25) is 0 Å². The maximum Gasteiger partial charge on any atom is 0.259 e. The van der Waals surface area contributed by atoms with E-state index < -0.39 is 0 Å². The first kappa shape index (κ1) is 14.8. The zero-order valence-electron chi connectivity index (χ0n) is 13.7. The zero-order valence-corrected chi connectivity index (χ0v) is 13.7. The van der Waals surface area contributed by atoms with Crippen LogP contribution >= 0.6 is 0 Å². The van der Waals surface area contributed by atoms with Crippen molar-refractivity contribution >= 4 is 17.2 Å². The number of benzene rings is 1. The van der Waals surface area contributed by atoms with Gasteiger partial charge in [0.2, 0.25) is 0 Å². The number of aryl methyl sites for hydroxylation is 1. The minimum Gasteiger partial charge on any atom is -0.368 e. The molecular formula is C19H20N4O. The summed E-state index contributed by atoms with van der Waals surface area (Å²) in [5, 5.41) is 0. The highest BCUT2D eigenvalue weighted by Crippen LogP contribution is 2.20. The molecule has 0 unspecified atom stereocenters. The standard InChI is InChI=1S/C19H20N4O/c1-15-5-4-6-16(13-15)21-9-11-22(12-10-21)18-14-19(24)23-8-3-2-7-17(23)20-18/h2-8,13-14H,9-12H2,1H3. The van der Waals surface area contributed by atoms with Gasteiger partial charge in [0, 0.05) is 44.1 Å². The summed E-state index contributed by atoms with van der Waals surface area (Å²) in [6.07, 6.45) is 1.75. The summed E-state index contributed by atoms with van der Waals surface area (Å²) in [5.41, 5.74) is 3.21. The molecule has 4 rings (SSSR count). The van der Waals surface area contributed by atoms with Crippen LogP contribution in [-0.4, -0.2) is 35.6 Å². The highest BCUT2D eigenvalue weighted by Gasteiger charge is 2.19. The van der Waals surface area contributed by atoms with Gasteiger partial charge in [0.15, 0.2) is 0 Å². The van der Waals surface area contributed by atoms with Gasteiger partial charge >= 0.3 is 0 Å². The Hall–Kier alpha value is -2.82. The quantitative estimate of drug-likeness (QED) is 0.727. The first-order valence-corrected chi connectivity index (χ1v) is 8.26. The molecule has 0 bridgehead atoms. The molecule has 3 heterocycles. The summed E-state index contributed by atoms with van der Waals surface area (Å²) in [4.78, 5) is 21.5. The van der Waals surface area contributed by atoms with Crippen LogP contribution in [0.4, 0.5) is 11.5 Å². The molecule has 1 aromatic carbocycles. The van der Waals surface area contributed by atoms with Gasteiger partial charge in [-0.3, -0.25) is 9.20 Å². The molecule has 1 aliphatic heterocycles. The maximum absolute atomic E-state index is 12.3. The fourth-order valence-electron chi connectivity index (χ4n) is 3.22. The van der Waals surface area contributed by atoms with Crippen molar-refractivity contribution in [3.63, 3.8) is 0 Å². The number of fused-ring (bicyclic) bond motifs is 1. The van der Waals surface area contributed by atoms with E-state index in [2.05, 4.69) is 46.0 Å². The van der Waals surface area contributed by atoms with Gasteiger partial charge < -0.3 is 9.80 Å². The van der Waals surface area contributed by atoms with Crippen LogP contribution < -0.4 is 15.4 Å². The average Bonchev–Trinajstić information content (AvgIpc) is 2.62. The third-order valence-corrected chi connectivity index (χ3v) is 4.53. The number of aromatic nitrogens is 2. The lowest BCUT2D eigenvalue weighted by molar-refractivity contribution is 0.647. The van der Waals surface area contributed by atoms with E-state index in [9.17, 15) is 4.79 Å². The van der Waals surface area contributed by atoms with Crippen LogP contribution in [0.5, 0.6) is 0 Å². The van der Waals surface area contributed by atoms with Gasteiger partial charge in [-0.25, -0.2) is 4.98 Å². The summed E-state index contributed by atoms with van der Waals surface area (Å²) in [7, 11) is 0. The molecule has 3 aromatic rings. The number of nitrogens with zero attached hydrogens (tertiary/aromatic N) is 4. The Balaban J connectivity index is 1.55. The van der Waals surface area contributed by atoms with Gasteiger partial charge in [0.05, 0.1) is 0 Å². The van der Waals surface area contributed by atoms with Crippen LogP contribution in [0.25, 0.3) is 5.65 Å². The van der Waals surface area contributed by atoms with Crippen molar-refractivity contribution < 1.29 is 0 Å². The molecule has 5 heteroatoms. The normalized spacial score (nSPS) is 15.0. The molecule has 122 valence electrons. The number of hydrogen-bond donors (Lipinski definition) is 0. The second-order valence-electron chi connectivity index (χ2n) is 6.19. The van der Waals surface area contributed by atoms with E-state index in [-0.39, 0.29) is 5.56 Å². The fraction of sp³-hybridized carbons (Fsp3) is 0.263. The summed E-state index contributed by atoms with van der Waals surface area (Å²) < 4.78 is 1.58. The lowest BCUT2D eigenvalue weighted by Crippen LogP contribution is -2.47. The summed E-state index contributed by atoms with van der Waals surface area (Å²) in [6.45, 7) is 5.71. The van der Waals surface area contributed by atoms with E-state index in [1.165, 1.54) is 11.3 Å². The molecule has 0 radical (unpaired) electrons. The lowest BCUT2D eigenvalue weighted by Gasteiger charge is -2.36. The SMILES string of the molecule is Cc1cccc(N2CCN(c3cc(=O)n4ccccc4n3)CC2)c1. The molecule has 0 saturated carbocycles. The number of pyridine rings is 1. The second-order valence-corrected chi connectivity index (χ2v) is 6.19. The molecular weight excluding hydrogens is 300 g/mol. The number of hydrogen-bond acceptors (Lipinski definition) is 4. The molecule has 1 fully saturated rings. The maximum atomic E-state index is 12.3. The van der Waals surface area contributed by atoms with E-state index in [1.807, 2.05) is 18.2 Å². The first-order chi connectivity index (χ1) is 11.7. The molecule has 2 aromatic heterocycles. The molecule has 0 atom stereocenters. The third kappa shape index (κ3) is 2.73. The molecule has 0 N–H and O–H groups in total. The Labute approximate surface area is 140 Å². The molecule has 0 spiro atoms. The largest absolute Gasteiger partial charge is 0.368 e. The molecule has 1 saturated heterocycles. The monoisotopic (exact) mass is 320 g/mol. The van der Waals surface area contributed by atoms with Crippen molar-refractivity contribution in [2.24, 2.45) is 0 Å². The second kappa shape index (κ2) is 6.00. The Morgan fingerprint density at radius 2 is 1.71 bits per heavy atom. The van der Waals surface area contributed by atoms with Gasteiger partial charge in [-0.2, -0.15) is 0 Å². The Morgan fingerprint density at radius 3 is 2.50 bits per heavy atom. The van der Waals surface area contributed by atoms with Crippen LogP contribution in [-0.2, 0) is 0 Å². The Kier molecular flexibility index (Phi) is 3.69. The van der Waals surface area contributed by atoms with Crippen molar-refractivity contribution in [1.29, 1.82) is 0 Å². The third-order valence-electron chi connectivity index (χ3n) is 4.53. The van der Waals surface area contributed by atoms with Crippen LogP contribution in [0.1, 0.15) is 5.56 Å². The predicted octanol–water partition coefficient (Wildman–Crippen LogP) is 2.33. The van der Waals surface area contributed by atoms with Crippen LogP contribution in [0.3, 0.4) is 0 Å². The minimum absolute atomic E-state index is 0.0308. The van der Waals surface area contributed by atoms with Crippen molar-refractivity contribution in [2.45, 2.75) is 6.92 Å². The predicted molar refractivity (Wildman–Crippen MR) is 97.1 cm³/mol. The van der Waals surface area contributed by atoms with Crippen molar-refractivity contribution in [2.75, 3.05) is 36.0 Å². The van der Waals surface area contributed by atoms with E-state index in [0.717, 1.165) is 32.0 Å². The van der Waals surface area contributed by atoms with Gasteiger partial charge in [-0.1, -0.05) is 18.2 Å². The molecule has 5 nitrogen and oxygen atoms in total. The van der Waals surface area contributed by atoms with E-state index in [1.54, 1.807) is 16.7 Å². The van der Waals surface area contributed by atoms with Crippen molar-refractivity contribution in [3.05, 3.63) is 70.6 Å². The van der Waals surface area contributed by atoms with E-state index >= 15 is 0 Å². The molecule has 0 aliphatic carbocycles.